The van der Waals surface area contributed by atoms with E-state index in [-0.39, 0.29) is 10.8 Å². The molecule has 0 amide bonds. The Bertz CT molecular complexity index is 496. The average molecular weight is 278 g/mol. The third kappa shape index (κ3) is 3.47. The maximum absolute atomic E-state index is 11.8. The minimum Gasteiger partial charge on any atom is -0.543 e. The third-order valence-corrected chi connectivity index (χ3v) is 8.29. The van der Waals surface area contributed by atoms with Crippen molar-refractivity contribution < 1.29 is 9.22 Å². The summed E-state index contributed by atoms with van der Waals surface area (Å²) in [5.74, 6) is 0.852. The highest BCUT2D eigenvalue weighted by molar-refractivity contribution is 6.74. The van der Waals surface area contributed by atoms with E-state index in [1.165, 1.54) is 0 Å². The predicted molar refractivity (Wildman–Crippen MR) is 83.7 cm³/mol. The number of carbonyl (C=O) groups is 1. The molecule has 106 valence electrons. The van der Waals surface area contributed by atoms with Crippen LogP contribution in [0.3, 0.4) is 0 Å². The van der Waals surface area contributed by atoms with E-state index in [0.717, 1.165) is 16.9 Å². The Morgan fingerprint density at radius 1 is 1.16 bits per heavy atom. The first-order valence-electron chi connectivity index (χ1n) is 6.77. The van der Waals surface area contributed by atoms with Gasteiger partial charge in [-0.25, -0.2) is 0 Å². The minimum atomic E-state index is -1.92. The monoisotopic (exact) mass is 278 g/mol. The summed E-state index contributed by atoms with van der Waals surface area (Å²) >= 11 is 0. The summed E-state index contributed by atoms with van der Waals surface area (Å²) in [6.07, 6.45) is 0. The van der Waals surface area contributed by atoms with Gasteiger partial charge in [0.25, 0.3) is 8.32 Å². The van der Waals surface area contributed by atoms with Gasteiger partial charge in [0.1, 0.15) is 5.75 Å². The largest absolute Gasteiger partial charge is 0.543 e. The van der Waals surface area contributed by atoms with Crippen molar-refractivity contribution in [2.24, 2.45) is 0 Å². The van der Waals surface area contributed by atoms with Gasteiger partial charge in [-0.15, -0.1) is 0 Å². The van der Waals surface area contributed by atoms with Crippen molar-refractivity contribution in [2.45, 2.75) is 59.7 Å². The number of rotatable bonds is 3. The normalized spacial score (nSPS) is 12.4. The number of benzene rings is 1. The highest BCUT2D eigenvalue weighted by Gasteiger charge is 2.39. The number of carbonyl (C=O) groups excluding carboxylic acids is 1. The van der Waals surface area contributed by atoms with Gasteiger partial charge < -0.3 is 4.43 Å². The molecule has 19 heavy (non-hydrogen) atoms. The lowest BCUT2D eigenvalue weighted by Crippen LogP contribution is -2.44. The van der Waals surface area contributed by atoms with Gasteiger partial charge in [0.15, 0.2) is 5.78 Å². The van der Waals surface area contributed by atoms with E-state index in [4.69, 9.17) is 4.43 Å². The van der Waals surface area contributed by atoms with Crippen molar-refractivity contribution in [2.75, 3.05) is 0 Å². The molecule has 2 nitrogen and oxygen atoms in total. The fourth-order valence-corrected chi connectivity index (χ4v) is 2.85. The van der Waals surface area contributed by atoms with Crippen LogP contribution in [0.5, 0.6) is 5.75 Å². The van der Waals surface area contributed by atoms with Gasteiger partial charge in [-0.05, 0) is 56.1 Å². The third-order valence-electron chi connectivity index (χ3n) is 3.96. The van der Waals surface area contributed by atoms with Crippen LogP contribution >= 0.6 is 0 Å². The fourth-order valence-electron chi connectivity index (χ4n) is 1.76. The summed E-state index contributed by atoms with van der Waals surface area (Å²) in [5, 5.41) is 0.123. The van der Waals surface area contributed by atoms with Gasteiger partial charge in [-0.3, -0.25) is 4.79 Å². The minimum absolute atomic E-state index is 0.0699. The van der Waals surface area contributed by atoms with Crippen LogP contribution in [0.2, 0.25) is 18.1 Å². The highest BCUT2D eigenvalue weighted by Crippen LogP contribution is 2.39. The number of hydrogen-bond donors (Lipinski definition) is 0. The molecule has 0 aliphatic carbocycles. The molecule has 1 rings (SSSR count). The molecule has 0 N–H and O–H groups in total. The van der Waals surface area contributed by atoms with E-state index < -0.39 is 8.32 Å². The molecule has 0 atom stereocenters. The van der Waals surface area contributed by atoms with E-state index in [1.54, 1.807) is 6.92 Å². The lowest BCUT2D eigenvalue weighted by Gasteiger charge is -2.37. The lowest BCUT2D eigenvalue weighted by atomic mass is 10.0. The second-order valence-corrected chi connectivity index (χ2v) is 11.6. The quantitative estimate of drug-likeness (QED) is 0.581. The molecule has 1 aromatic rings. The van der Waals surface area contributed by atoms with Crippen LogP contribution in [-0.2, 0) is 0 Å². The molecule has 0 radical (unpaired) electrons. The second kappa shape index (κ2) is 5.12. The van der Waals surface area contributed by atoms with Crippen LogP contribution in [-0.4, -0.2) is 14.1 Å². The standard InChI is InChI=1S/C16H26O2Si/c1-11-9-12(2)15(14(10-11)13(3)17)18-19(7,8)16(4,5)6/h9-10H,1-8H3. The summed E-state index contributed by atoms with van der Waals surface area (Å²) in [6.45, 7) is 16.7. The Morgan fingerprint density at radius 3 is 2.11 bits per heavy atom. The van der Waals surface area contributed by atoms with Crippen LogP contribution in [0, 0.1) is 13.8 Å². The van der Waals surface area contributed by atoms with Gasteiger partial charge >= 0.3 is 0 Å². The van der Waals surface area contributed by atoms with Crippen LogP contribution < -0.4 is 4.43 Å². The summed E-state index contributed by atoms with van der Waals surface area (Å²) < 4.78 is 6.36. The fraction of sp³-hybridized carbons (Fsp3) is 0.562. The topological polar surface area (TPSA) is 26.3 Å². The zero-order valence-corrected chi connectivity index (χ0v) is 14.5. The molecule has 0 fully saturated rings. The molecule has 0 saturated heterocycles. The molecule has 0 aliphatic heterocycles. The van der Waals surface area contributed by atoms with Crippen LogP contribution in [0.4, 0.5) is 0 Å². The van der Waals surface area contributed by atoms with Gasteiger partial charge in [-0.1, -0.05) is 26.8 Å². The van der Waals surface area contributed by atoms with Gasteiger partial charge in [-0.2, -0.15) is 0 Å². The Kier molecular flexibility index (Phi) is 4.30. The number of Topliss-reactive ketones (excluding diaryl/α,β-unsaturated/α-hetero) is 1. The maximum Gasteiger partial charge on any atom is 0.250 e. The van der Waals surface area contributed by atoms with Crippen molar-refractivity contribution >= 4 is 14.1 Å². The van der Waals surface area contributed by atoms with E-state index in [1.807, 2.05) is 19.9 Å². The van der Waals surface area contributed by atoms with Crippen LogP contribution in [0.15, 0.2) is 12.1 Å². The van der Waals surface area contributed by atoms with E-state index >= 15 is 0 Å². The summed E-state index contributed by atoms with van der Waals surface area (Å²) in [7, 11) is -1.92. The van der Waals surface area contributed by atoms with Gasteiger partial charge in [0.05, 0.1) is 5.56 Å². The molecule has 0 bridgehead atoms. The Hall–Kier alpha value is -1.09. The Morgan fingerprint density at radius 2 is 1.68 bits per heavy atom. The molecular weight excluding hydrogens is 252 g/mol. The Labute approximate surface area is 118 Å². The first-order valence-corrected chi connectivity index (χ1v) is 9.68. The Balaban J connectivity index is 3.32. The summed E-state index contributed by atoms with van der Waals surface area (Å²) in [5.41, 5.74) is 2.86. The summed E-state index contributed by atoms with van der Waals surface area (Å²) in [6, 6.07) is 4.01. The molecule has 0 spiro atoms. The maximum atomic E-state index is 11.8. The molecule has 0 aliphatic rings. The van der Waals surface area contributed by atoms with Crippen molar-refractivity contribution in [1.82, 2.24) is 0 Å². The SMILES string of the molecule is CC(=O)c1cc(C)cc(C)c1O[Si](C)(C)C(C)(C)C. The van der Waals surface area contributed by atoms with Gasteiger partial charge in [0.2, 0.25) is 0 Å². The zero-order chi connectivity index (χ0) is 15.0. The van der Waals surface area contributed by atoms with Crippen LogP contribution in [0.25, 0.3) is 0 Å². The van der Waals surface area contributed by atoms with Gasteiger partial charge in [0, 0.05) is 0 Å². The summed E-state index contributed by atoms with van der Waals surface area (Å²) in [4.78, 5) is 11.8. The second-order valence-electron chi connectivity index (χ2n) is 6.88. The van der Waals surface area contributed by atoms with Crippen molar-refractivity contribution in [3.05, 3.63) is 28.8 Å². The predicted octanol–water partition coefficient (Wildman–Crippen LogP) is 4.89. The van der Waals surface area contributed by atoms with E-state index in [2.05, 4.69) is 39.9 Å². The first-order chi connectivity index (χ1) is 8.45. The first kappa shape index (κ1) is 16.0. The molecule has 0 saturated carbocycles. The molecule has 0 aromatic heterocycles. The van der Waals surface area contributed by atoms with Crippen molar-refractivity contribution in [3.8, 4) is 5.75 Å². The highest BCUT2D eigenvalue weighted by atomic mass is 28.4. The van der Waals surface area contributed by atoms with E-state index in [0.29, 0.717) is 5.56 Å². The van der Waals surface area contributed by atoms with Crippen molar-refractivity contribution in [1.29, 1.82) is 0 Å². The smallest absolute Gasteiger partial charge is 0.250 e. The van der Waals surface area contributed by atoms with E-state index in [9.17, 15) is 4.79 Å². The lowest BCUT2D eigenvalue weighted by molar-refractivity contribution is 0.101. The molecular formula is C16H26O2Si. The number of ketones is 1. The number of hydrogen-bond acceptors (Lipinski definition) is 2. The molecule has 0 heterocycles. The van der Waals surface area contributed by atoms with Crippen molar-refractivity contribution in [3.63, 3.8) is 0 Å². The molecule has 0 unspecified atom stereocenters. The number of aryl methyl sites for hydroxylation is 2. The average Bonchev–Trinajstić information content (AvgIpc) is 2.19. The molecule has 1 aromatic carbocycles. The van der Waals surface area contributed by atoms with Crippen LogP contribution in [0.1, 0.15) is 49.2 Å². The molecule has 3 heteroatoms. The zero-order valence-electron chi connectivity index (χ0n) is 13.5.